The lowest BCUT2D eigenvalue weighted by atomic mass is 10.2. The molecule has 1 aromatic heterocycles. The molecule has 2 aliphatic heterocycles. The molecule has 0 radical (unpaired) electrons. The summed E-state index contributed by atoms with van der Waals surface area (Å²) in [5.41, 5.74) is -0.416. The Morgan fingerprint density at radius 3 is 2.69 bits per heavy atom. The molecule has 0 fully saturated rings. The third kappa shape index (κ3) is 5.50. The van der Waals surface area contributed by atoms with Gasteiger partial charge in [0.05, 0.1) is 43.8 Å². The molecule has 4 rings (SSSR count). The number of nitrogens with zero attached hydrogens (tertiary/aromatic N) is 6. The van der Waals surface area contributed by atoms with Crippen LogP contribution >= 0.6 is 0 Å². The molecule has 0 saturated heterocycles. The average molecular weight is 528 g/mol. The molecule has 1 unspecified atom stereocenters. The average Bonchev–Trinajstić information content (AvgIpc) is 3.41. The van der Waals surface area contributed by atoms with Gasteiger partial charge in [-0.25, -0.2) is 17.9 Å². The van der Waals surface area contributed by atoms with Crippen molar-refractivity contribution in [3.05, 3.63) is 30.1 Å². The lowest BCUT2D eigenvalue weighted by molar-refractivity contribution is 0.0560. The summed E-state index contributed by atoms with van der Waals surface area (Å²) in [6, 6.07) is 4.50. The number of hydrogen-bond donors (Lipinski definition) is 1. The summed E-state index contributed by atoms with van der Waals surface area (Å²) in [6.45, 7) is 4.71. The van der Waals surface area contributed by atoms with Gasteiger partial charge in [-0.1, -0.05) is 5.22 Å². The predicted molar refractivity (Wildman–Crippen MR) is 125 cm³/mol. The maximum Gasteiger partial charge on any atom is 0.412 e. The molecule has 1 aromatic carbocycles. The quantitative estimate of drug-likeness (QED) is 0.608. The van der Waals surface area contributed by atoms with E-state index in [1.165, 1.54) is 19.1 Å². The number of sulfonamides is 1. The number of aryl methyl sites for hydroxylation is 1. The number of aromatic nitrogens is 2. The number of fused-ring (bicyclic) bond motifs is 1. The Morgan fingerprint density at radius 1 is 1.33 bits per heavy atom. The first kappa shape index (κ1) is 25.6. The van der Waals surface area contributed by atoms with Crippen molar-refractivity contribution >= 4 is 27.5 Å². The van der Waals surface area contributed by atoms with Crippen LogP contribution in [-0.4, -0.2) is 67.2 Å². The normalized spacial score (nSPS) is 17.8. The molecule has 1 atom stereocenters. The lowest BCUT2D eigenvalue weighted by Gasteiger charge is -2.36. The van der Waals surface area contributed by atoms with Crippen LogP contribution in [0.2, 0.25) is 0 Å². The SMILES string of the molecule is Cc1nn(C(F)F)cc1S(=O)(=O)N1CC(CN2CCN=N2)Oc2ccc(NC(=O)OC(C)(C)C)cc21. The number of carbonyl (C=O) groups excluding carboxylic acids is 1. The highest BCUT2D eigenvalue weighted by atomic mass is 32.2. The van der Waals surface area contributed by atoms with Crippen LogP contribution in [0.15, 0.2) is 39.6 Å². The third-order valence-corrected chi connectivity index (χ3v) is 7.12. The summed E-state index contributed by atoms with van der Waals surface area (Å²) in [4.78, 5) is 11.9. The molecular formula is C21H27F2N7O5S. The molecule has 3 heterocycles. The first-order valence-electron chi connectivity index (χ1n) is 11.1. The van der Waals surface area contributed by atoms with E-state index in [4.69, 9.17) is 9.47 Å². The van der Waals surface area contributed by atoms with Crippen molar-refractivity contribution in [2.45, 2.75) is 50.8 Å². The molecule has 2 aliphatic rings. The maximum atomic E-state index is 13.7. The Labute approximate surface area is 206 Å². The molecule has 36 heavy (non-hydrogen) atoms. The molecule has 12 nitrogen and oxygen atoms in total. The molecular weight excluding hydrogens is 500 g/mol. The van der Waals surface area contributed by atoms with E-state index >= 15 is 0 Å². The summed E-state index contributed by atoms with van der Waals surface area (Å²) < 4.78 is 66.5. The maximum absolute atomic E-state index is 13.7. The van der Waals surface area contributed by atoms with Crippen molar-refractivity contribution in [3.63, 3.8) is 0 Å². The van der Waals surface area contributed by atoms with Gasteiger partial charge >= 0.3 is 12.6 Å². The Kier molecular flexibility index (Phi) is 6.77. The highest BCUT2D eigenvalue weighted by Gasteiger charge is 2.38. The second-order valence-electron chi connectivity index (χ2n) is 9.29. The van der Waals surface area contributed by atoms with Crippen molar-refractivity contribution in [3.8, 4) is 5.75 Å². The number of rotatable bonds is 6. The molecule has 1 amide bonds. The van der Waals surface area contributed by atoms with E-state index in [2.05, 4.69) is 20.8 Å². The number of ether oxygens (including phenoxy) is 2. The first-order valence-corrected chi connectivity index (χ1v) is 12.6. The second-order valence-corrected chi connectivity index (χ2v) is 11.1. The van der Waals surface area contributed by atoms with Gasteiger partial charge in [0.25, 0.3) is 10.0 Å². The van der Waals surface area contributed by atoms with Gasteiger partial charge in [-0.05, 0) is 45.9 Å². The Bertz CT molecular complexity index is 1280. The van der Waals surface area contributed by atoms with Gasteiger partial charge in [0.2, 0.25) is 0 Å². The molecule has 2 aromatic rings. The topological polar surface area (TPSA) is 131 Å². The van der Waals surface area contributed by atoms with Crippen molar-refractivity contribution in [2.24, 2.45) is 10.3 Å². The minimum absolute atomic E-state index is 0.0729. The van der Waals surface area contributed by atoms with E-state index in [0.29, 0.717) is 17.8 Å². The van der Waals surface area contributed by atoms with Gasteiger partial charge in [-0.3, -0.25) is 14.6 Å². The molecule has 0 bridgehead atoms. The number of carbonyl (C=O) groups is 1. The summed E-state index contributed by atoms with van der Waals surface area (Å²) in [5, 5.41) is 15.8. The summed E-state index contributed by atoms with van der Waals surface area (Å²) in [7, 11) is -4.34. The monoisotopic (exact) mass is 527 g/mol. The molecule has 0 spiro atoms. The minimum Gasteiger partial charge on any atom is -0.484 e. The Morgan fingerprint density at radius 2 is 2.08 bits per heavy atom. The van der Waals surface area contributed by atoms with Crippen molar-refractivity contribution in [1.82, 2.24) is 14.8 Å². The smallest absolute Gasteiger partial charge is 0.412 e. The van der Waals surface area contributed by atoms with Crippen LogP contribution in [0.5, 0.6) is 5.75 Å². The zero-order valence-electron chi connectivity index (χ0n) is 20.2. The molecule has 0 saturated carbocycles. The molecule has 0 aliphatic carbocycles. The second kappa shape index (κ2) is 9.52. The summed E-state index contributed by atoms with van der Waals surface area (Å²) in [5.74, 6) is 0.236. The summed E-state index contributed by atoms with van der Waals surface area (Å²) >= 11 is 0. The fourth-order valence-electron chi connectivity index (χ4n) is 3.77. The van der Waals surface area contributed by atoms with Gasteiger partial charge in [0.1, 0.15) is 22.4 Å². The number of benzene rings is 1. The van der Waals surface area contributed by atoms with E-state index in [1.807, 2.05) is 0 Å². The zero-order valence-corrected chi connectivity index (χ0v) is 21.0. The minimum atomic E-state index is -4.34. The van der Waals surface area contributed by atoms with Crippen LogP contribution in [-0.2, 0) is 14.8 Å². The van der Waals surface area contributed by atoms with Crippen LogP contribution in [0.4, 0.5) is 25.0 Å². The van der Waals surface area contributed by atoms with Crippen LogP contribution in [0.25, 0.3) is 0 Å². The van der Waals surface area contributed by atoms with Crippen LogP contribution in [0.1, 0.15) is 33.0 Å². The van der Waals surface area contributed by atoms with Gasteiger partial charge in [0, 0.05) is 5.69 Å². The number of halogens is 2. The predicted octanol–water partition coefficient (Wildman–Crippen LogP) is 3.57. The molecule has 15 heteroatoms. The van der Waals surface area contributed by atoms with Crippen LogP contribution in [0.3, 0.4) is 0 Å². The Balaban J connectivity index is 1.70. The van der Waals surface area contributed by atoms with E-state index in [-0.39, 0.29) is 40.8 Å². The van der Waals surface area contributed by atoms with Gasteiger partial charge in [0.15, 0.2) is 0 Å². The number of anilines is 2. The van der Waals surface area contributed by atoms with Crippen LogP contribution in [0, 0.1) is 6.92 Å². The largest absolute Gasteiger partial charge is 0.484 e. The van der Waals surface area contributed by atoms with Gasteiger partial charge < -0.3 is 9.47 Å². The zero-order chi connectivity index (χ0) is 26.3. The highest BCUT2D eigenvalue weighted by molar-refractivity contribution is 7.92. The Hall–Kier alpha value is -3.49. The number of amides is 1. The first-order chi connectivity index (χ1) is 16.8. The van der Waals surface area contributed by atoms with Gasteiger partial charge in [-0.2, -0.15) is 19.0 Å². The lowest BCUT2D eigenvalue weighted by Crippen LogP contribution is -2.47. The fraction of sp³-hybridized carbons (Fsp3) is 0.524. The number of hydrogen-bond acceptors (Lipinski definition) is 9. The van der Waals surface area contributed by atoms with E-state index < -0.39 is 34.4 Å². The van der Waals surface area contributed by atoms with Crippen LogP contribution < -0.4 is 14.4 Å². The third-order valence-electron chi connectivity index (χ3n) is 5.24. The highest BCUT2D eigenvalue weighted by Crippen LogP contribution is 2.40. The summed E-state index contributed by atoms with van der Waals surface area (Å²) in [6.07, 6.45) is -0.545. The number of alkyl halides is 2. The van der Waals surface area contributed by atoms with Crippen molar-refractivity contribution < 1.29 is 31.5 Å². The van der Waals surface area contributed by atoms with Crippen molar-refractivity contribution in [1.29, 1.82) is 0 Å². The fourth-order valence-corrected chi connectivity index (χ4v) is 5.43. The standard InChI is InChI=1S/C21H27F2N7O5S/c1-13-18(12-29(26-13)19(22)23)36(32,33)30-11-15(10-28-8-7-24-27-28)34-17-6-5-14(9-16(17)30)25-20(31)35-21(2,3)4/h5-6,9,12,15,19H,7-8,10-11H2,1-4H3,(H,25,31). The molecule has 196 valence electrons. The van der Waals surface area contributed by atoms with Crippen molar-refractivity contribution in [2.75, 3.05) is 35.8 Å². The van der Waals surface area contributed by atoms with E-state index in [1.54, 1.807) is 31.8 Å². The van der Waals surface area contributed by atoms with Gasteiger partial charge in [-0.15, -0.1) is 0 Å². The van der Waals surface area contributed by atoms with E-state index in [9.17, 15) is 22.0 Å². The molecule has 1 N–H and O–H groups in total. The van der Waals surface area contributed by atoms with E-state index in [0.717, 1.165) is 10.5 Å². The number of nitrogens with one attached hydrogen (secondary N) is 1.